The number of H-pyrrole nitrogens is 1. The van der Waals surface area contributed by atoms with E-state index in [1.165, 1.54) is 0 Å². The number of para-hydroxylation sites is 1. The molecular formula is C14H16ClNO. The molecule has 0 bridgehead atoms. The first-order valence-corrected chi connectivity index (χ1v) is 6.05. The third kappa shape index (κ3) is 2.52. The zero-order chi connectivity index (χ0) is 12.6. The van der Waals surface area contributed by atoms with E-state index >= 15 is 0 Å². The molecule has 0 saturated heterocycles. The average molecular weight is 250 g/mol. The van der Waals surface area contributed by atoms with Gasteiger partial charge in [-0.15, -0.1) is 0 Å². The second kappa shape index (κ2) is 4.19. The molecular weight excluding hydrogens is 234 g/mol. The Bertz CT molecular complexity index is 563. The lowest BCUT2D eigenvalue weighted by Crippen LogP contribution is -2.12. The topological polar surface area (TPSA) is 32.9 Å². The molecule has 0 aliphatic carbocycles. The Labute approximate surface area is 106 Å². The minimum Gasteiger partial charge on any atom is -0.359 e. The normalized spacial score (nSPS) is 12.0. The lowest BCUT2D eigenvalue weighted by molar-refractivity contribution is 0.0941. The zero-order valence-electron chi connectivity index (χ0n) is 10.3. The highest BCUT2D eigenvalue weighted by atomic mass is 35.5. The molecule has 2 aromatic rings. The average Bonchev–Trinajstić information content (AvgIpc) is 2.60. The quantitative estimate of drug-likeness (QED) is 0.784. The molecule has 0 radical (unpaired) electrons. The van der Waals surface area contributed by atoms with Crippen molar-refractivity contribution in [2.24, 2.45) is 5.41 Å². The molecule has 2 rings (SSSR count). The summed E-state index contributed by atoms with van der Waals surface area (Å²) in [6, 6.07) is 5.61. The van der Waals surface area contributed by atoms with E-state index in [1.807, 2.05) is 18.2 Å². The van der Waals surface area contributed by atoms with Crippen LogP contribution in [-0.2, 0) is 0 Å². The second-order valence-corrected chi connectivity index (χ2v) is 5.93. The summed E-state index contributed by atoms with van der Waals surface area (Å²) in [5.74, 6) is 0.158. The number of hydrogen-bond acceptors (Lipinski definition) is 1. The molecule has 0 atom stereocenters. The number of hydrogen-bond donors (Lipinski definition) is 1. The van der Waals surface area contributed by atoms with E-state index in [0.29, 0.717) is 11.4 Å². The van der Waals surface area contributed by atoms with Gasteiger partial charge in [-0.25, -0.2) is 0 Å². The van der Waals surface area contributed by atoms with E-state index in [9.17, 15) is 4.79 Å². The summed E-state index contributed by atoms with van der Waals surface area (Å²) >= 11 is 6.07. The molecule has 90 valence electrons. The van der Waals surface area contributed by atoms with Gasteiger partial charge >= 0.3 is 0 Å². The molecule has 0 spiro atoms. The highest BCUT2D eigenvalue weighted by molar-refractivity contribution is 6.35. The van der Waals surface area contributed by atoms with Crippen molar-refractivity contribution >= 4 is 28.3 Å². The van der Waals surface area contributed by atoms with Crippen molar-refractivity contribution < 1.29 is 4.79 Å². The maximum Gasteiger partial charge on any atom is 0.165 e. The van der Waals surface area contributed by atoms with Crippen molar-refractivity contribution in [1.29, 1.82) is 0 Å². The smallest absolute Gasteiger partial charge is 0.165 e. The van der Waals surface area contributed by atoms with Crippen LogP contribution < -0.4 is 0 Å². The van der Waals surface area contributed by atoms with E-state index in [4.69, 9.17) is 11.6 Å². The van der Waals surface area contributed by atoms with Gasteiger partial charge in [0, 0.05) is 23.6 Å². The number of benzene rings is 1. The molecule has 1 N–H and O–H groups in total. The van der Waals surface area contributed by atoms with Gasteiger partial charge in [-0.2, -0.15) is 0 Å². The fourth-order valence-corrected chi connectivity index (χ4v) is 2.15. The van der Waals surface area contributed by atoms with Gasteiger partial charge in [-0.1, -0.05) is 44.5 Å². The zero-order valence-corrected chi connectivity index (χ0v) is 11.1. The Kier molecular flexibility index (Phi) is 3.00. The van der Waals surface area contributed by atoms with Crippen molar-refractivity contribution in [3.8, 4) is 0 Å². The predicted octanol–water partition coefficient (Wildman–Crippen LogP) is 4.44. The molecule has 2 nitrogen and oxygen atoms in total. The molecule has 0 saturated carbocycles. The molecule has 0 amide bonds. The summed E-state index contributed by atoms with van der Waals surface area (Å²) < 4.78 is 0. The van der Waals surface area contributed by atoms with Gasteiger partial charge in [0.2, 0.25) is 0 Å². The van der Waals surface area contributed by atoms with Crippen molar-refractivity contribution in [3.63, 3.8) is 0 Å². The Morgan fingerprint density at radius 3 is 2.71 bits per heavy atom. The van der Waals surface area contributed by atoms with Crippen LogP contribution >= 0.6 is 11.6 Å². The lowest BCUT2D eigenvalue weighted by Gasteiger charge is -2.16. The number of halogens is 1. The Balaban J connectivity index is 2.43. The highest BCUT2D eigenvalue weighted by Crippen LogP contribution is 2.28. The summed E-state index contributed by atoms with van der Waals surface area (Å²) in [5, 5.41) is 1.56. The number of carbonyl (C=O) groups excluding carboxylic acids is 1. The second-order valence-electron chi connectivity index (χ2n) is 5.53. The summed E-state index contributed by atoms with van der Waals surface area (Å²) in [6.07, 6.45) is 2.29. The van der Waals surface area contributed by atoms with E-state index < -0.39 is 0 Å². The van der Waals surface area contributed by atoms with Gasteiger partial charge in [0.25, 0.3) is 0 Å². The maximum atomic E-state index is 12.2. The van der Waals surface area contributed by atoms with Crippen molar-refractivity contribution in [3.05, 3.63) is 35.0 Å². The molecule has 3 heteroatoms. The number of aromatic nitrogens is 1. The Morgan fingerprint density at radius 2 is 2.06 bits per heavy atom. The van der Waals surface area contributed by atoms with Crippen LogP contribution in [0, 0.1) is 5.41 Å². The highest BCUT2D eigenvalue weighted by Gasteiger charge is 2.20. The summed E-state index contributed by atoms with van der Waals surface area (Å²) in [6.45, 7) is 6.19. The largest absolute Gasteiger partial charge is 0.359 e. The molecule has 0 aliphatic rings. The van der Waals surface area contributed by atoms with E-state index in [2.05, 4.69) is 25.8 Å². The first-order valence-electron chi connectivity index (χ1n) is 5.67. The van der Waals surface area contributed by atoms with Crippen molar-refractivity contribution in [2.45, 2.75) is 27.2 Å². The van der Waals surface area contributed by atoms with Gasteiger partial charge in [0.05, 0.1) is 10.5 Å². The minimum atomic E-state index is -0.000742. The van der Waals surface area contributed by atoms with Crippen LogP contribution in [0.4, 0.5) is 0 Å². The maximum absolute atomic E-state index is 12.2. The number of nitrogens with one attached hydrogen (secondary N) is 1. The molecule has 0 aliphatic heterocycles. The van der Waals surface area contributed by atoms with Gasteiger partial charge in [0.1, 0.15) is 0 Å². The predicted molar refractivity (Wildman–Crippen MR) is 71.7 cm³/mol. The number of aromatic amines is 1. The third-order valence-electron chi connectivity index (χ3n) is 2.66. The molecule has 0 fully saturated rings. The number of carbonyl (C=O) groups is 1. The SMILES string of the molecule is CC(C)(C)CC(=O)c1c[nH]c2c(Cl)cccc12. The number of Topliss-reactive ketones (excluding diaryl/α,β-unsaturated/α-hetero) is 1. The number of fused-ring (bicyclic) bond motifs is 1. The summed E-state index contributed by atoms with van der Waals surface area (Å²) in [7, 11) is 0. The van der Waals surface area contributed by atoms with Gasteiger partial charge in [-0.3, -0.25) is 4.79 Å². The van der Waals surface area contributed by atoms with Crippen LogP contribution in [-0.4, -0.2) is 10.8 Å². The van der Waals surface area contributed by atoms with Crippen molar-refractivity contribution in [1.82, 2.24) is 4.98 Å². The van der Waals surface area contributed by atoms with Crippen LogP contribution in [0.3, 0.4) is 0 Å². The standard InChI is InChI=1S/C14H16ClNO/c1-14(2,3)7-12(17)10-8-16-13-9(10)5-4-6-11(13)15/h4-6,8,16H,7H2,1-3H3. The van der Waals surface area contributed by atoms with Crippen LogP contribution in [0.5, 0.6) is 0 Å². The van der Waals surface area contributed by atoms with Crippen LogP contribution in [0.15, 0.2) is 24.4 Å². The minimum absolute atomic E-state index is 0.000742. The fourth-order valence-electron chi connectivity index (χ4n) is 1.92. The van der Waals surface area contributed by atoms with Crippen LogP contribution in [0.1, 0.15) is 37.6 Å². The van der Waals surface area contributed by atoms with Gasteiger partial charge < -0.3 is 4.98 Å². The van der Waals surface area contributed by atoms with E-state index in [1.54, 1.807) is 6.20 Å². The lowest BCUT2D eigenvalue weighted by atomic mass is 9.88. The molecule has 1 aromatic heterocycles. The van der Waals surface area contributed by atoms with Crippen molar-refractivity contribution in [2.75, 3.05) is 0 Å². The molecule has 0 unspecified atom stereocenters. The Morgan fingerprint density at radius 1 is 1.35 bits per heavy atom. The molecule has 1 heterocycles. The Hall–Kier alpha value is -1.28. The van der Waals surface area contributed by atoms with E-state index in [0.717, 1.165) is 16.5 Å². The number of ketones is 1. The number of rotatable bonds is 2. The molecule has 17 heavy (non-hydrogen) atoms. The van der Waals surface area contributed by atoms with Crippen LogP contribution in [0.25, 0.3) is 10.9 Å². The van der Waals surface area contributed by atoms with Crippen LogP contribution in [0.2, 0.25) is 5.02 Å². The summed E-state index contributed by atoms with van der Waals surface area (Å²) in [5.41, 5.74) is 1.57. The first kappa shape index (κ1) is 12.2. The fraction of sp³-hybridized carbons (Fsp3) is 0.357. The van der Waals surface area contributed by atoms with Gasteiger partial charge in [-0.05, 0) is 11.5 Å². The van der Waals surface area contributed by atoms with Gasteiger partial charge in [0.15, 0.2) is 5.78 Å². The third-order valence-corrected chi connectivity index (χ3v) is 2.97. The van der Waals surface area contributed by atoms with E-state index in [-0.39, 0.29) is 11.2 Å². The summed E-state index contributed by atoms with van der Waals surface area (Å²) in [4.78, 5) is 15.3. The molecule has 1 aromatic carbocycles. The monoisotopic (exact) mass is 249 g/mol. The first-order chi connectivity index (χ1) is 7.88.